The highest BCUT2D eigenvalue weighted by Crippen LogP contribution is 2.26. The lowest BCUT2D eigenvalue weighted by atomic mass is 9.94. The molecule has 2 aromatic heterocycles. The SMILES string of the molecule is CCn1nc(C(C)C)cc1C(=O)N1CCCC(c2ccn[nH]2)C1. The minimum atomic E-state index is 0.0930. The van der Waals surface area contributed by atoms with Gasteiger partial charge in [-0.15, -0.1) is 0 Å². The predicted molar refractivity (Wildman–Crippen MR) is 88.5 cm³/mol. The predicted octanol–water partition coefficient (Wildman–Crippen LogP) is 2.77. The Labute approximate surface area is 136 Å². The second-order valence-corrected chi connectivity index (χ2v) is 6.53. The molecule has 1 amide bonds. The summed E-state index contributed by atoms with van der Waals surface area (Å²) in [6.45, 7) is 8.50. The van der Waals surface area contributed by atoms with E-state index in [1.165, 1.54) is 0 Å². The molecule has 1 fully saturated rings. The molecule has 1 N–H and O–H groups in total. The minimum absolute atomic E-state index is 0.0930. The van der Waals surface area contributed by atoms with E-state index in [2.05, 4.69) is 29.1 Å². The number of piperidine rings is 1. The third-order valence-electron chi connectivity index (χ3n) is 4.58. The van der Waals surface area contributed by atoms with Crippen LogP contribution in [-0.4, -0.2) is 43.9 Å². The molecule has 3 rings (SSSR count). The molecule has 1 unspecified atom stereocenters. The molecule has 3 heterocycles. The van der Waals surface area contributed by atoms with Crippen molar-refractivity contribution in [3.8, 4) is 0 Å². The number of aromatic nitrogens is 4. The first-order chi connectivity index (χ1) is 11.1. The molecule has 1 saturated heterocycles. The summed E-state index contributed by atoms with van der Waals surface area (Å²) in [4.78, 5) is 14.9. The van der Waals surface area contributed by atoms with Crippen molar-refractivity contribution in [3.63, 3.8) is 0 Å². The van der Waals surface area contributed by atoms with Crippen LogP contribution in [-0.2, 0) is 6.54 Å². The summed E-state index contributed by atoms with van der Waals surface area (Å²) in [6.07, 6.45) is 3.89. The van der Waals surface area contributed by atoms with Crippen molar-refractivity contribution in [3.05, 3.63) is 35.4 Å². The highest BCUT2D eigenvalue weighted by atomic mass is 16.2. The van der Waals surface area contributed by atoms with Gasteiger partial charge >= 0.3 is 0 Å². The lowest BCUT2D eigenvalue weighted by molar-refractivity contribution is 0.0693. The van der Waals surface area contributed by atoms with Gasteiger partial charge in [0.15, 0.2) is 0 Å². The zero-order valence-electron chi connectivity index (χ0n) is 14.1. The zero-order chi connectivity index (χ0) is 16.4. The number of nitrogens with one attached hydrogen (secondary N) is 1. The fourth-order valence-electron chi connectivity index (χ4n) is 3.20. The molecule has 124 valence electrons. The van der Waals surface area contributed by atoms with Crippen molar-refractivity contribution in [1.82, 2.24) is 24.9 Å². The molecule has 0 bridgehead atoms. The molecule has 6 heteroatoms. The van der Waals surface area contributed by atoms with Crippen LogP contribution in [0.15, 0.2) is 18.3 Å². The van der Waals surface area contributed by atoms with Crippen molar-refractivity contribution >= 4 is 5.91 Å². The number of carbonyl (C=O) groups is 1. The summed E-state index contributed by atoms with van der Waals surface area (Å²) in [6, 6.07) is 3.96. The number of nitrogens with zero attached hydrogens (tertiary/aromatic N) is 4. The molecular weight excluding hydrogens is 290 g/mol. The maximum atomic E-state index is 13.0. The molecule has 0 spiro atoms. The fraction of sp³-hybridized carbons (Fsp3) is 0.588. The van der Waals surface area contributed by atoms with Gasteiger partial charge in [0.1, 0.15) is 5.69 Å². The van der Waals surface area contributed by atoms with Crippen LogP contribution in [0.25, 0.3) is 0 Å². The molecule has 23 heavy (non-hydrogen) atoms. The Morgan fingerprint density at radius 2 is 2.30 bits per heavy atom. The van der Waals surface area contributed by atoms with E-state index in [0.29, 0.717) is 24.1 Å². The van der Waals surface area contributed by atoms with E-state index in [1.807, 2.05) is 28.6 Å². The van der Waals surface area contributed by atoms with E-state index < -0.39 is 0 Å². The first kappa shape index (κ1) is 15.8. The average molecular weight is 315 g/mol. The summed E-state index contributed by atoms with van der Waals surface area (Å²) in [5, 5.41) is 11.6. The largest absolute Gasteiger partial charge is 0.337 e. The van der Waals surface area contributed by atoms with Gasteiger partial charge in [0.05, 0.1) is 5.69 Å². The van der Waals surface area contributed by atoms with Gasteiger partial charge in [-0.2, -0.15) is 10.2 Å². The Morgan fingerprint density at radius 1 is 1.48 bits per heavy atom. The van der Waals surface area contributed by atoms with E-state index >= 15 is 0 Å². The number of hydrogen-bond acceptors (Lipinski definition) is 3. The fourth-order valence-corrected chi connectivity index (χ4v) is 3.20. The van der Waals surface area contributed by atoms with E-state index in [9.17, 15) is 4.79 Å². The zero-order valence-corrected chi connectivity index (χ0v) is 14.1. The van der Waals surface area contributed by atoms with Crippen LogP contribution in [0.4, 0.5) is 0 Å². The normalized spacial score (nSPS) is 18.6. The highest BCUT2D eigenvalue weighted by Gasteiger charge is 2.28. The molecule has 0 aromatic carbocycles. The summed E-state index contributed by atoms with van der Waals surface area (Å²) in [5.74, 6) is 0.765. The second kappa shape index (κ2) is 6.56. The molecular formula is C17H25N5O. The van der Waals surface area contributed by atoms with E-state index in [1.54, 1.807) is 6.20 Å². The van der Waals surface area contributed by atoms with Crippen LogP contribution in [0.3, 0.4) is 0 Å². The lowest BCUT2D eigenvalue weighted by Crippen LogP contribution is -2.40. The van der Waals surface area contributed by atoms with Crippen LogP contribution in [0, 0.1) is 0 Å². The van der Waals surface area contributed by atoms with Gasteiger partial charge in [0, 0.05) is 37.4 Å². The Balaban J connectivity index is 1.79. The topological polar surface area (TPSA) is 66.8 Å². The van der Waals surface area contributed by atoms with E-state index in [4.69, 9.17) is 0 Å². The Hall–Kier alpha value is -2.11. The third-order valence-corrected chi connectivity index (χ3v) is 4.58. The van der Waals surface area contributed by atoms with Gasteiger partial charge in [-0.1, -0.05) is 13.8 Å². The molecule has 0 radical (unpaired) electrons. The number of H-pyrrole nitrogens is 1. The summed E-state index contributed by atoms with van der Waals surface area (Å²) in [5.41, 5.74) is 2.81. The molecule has 0 aliphatic carbocycles. The monoisotopic (exact) mass is 315 g/mol. The van der Waals surface area contributed by atoms with Gasteiger partial charge in [0.25, 0.3) is 5.91 Å². The number of likely N-dealkylation sites (tertiary alicyclic amines) is 1. The van der Waals surface area contributed by atoms with Crippen molar-refractivity contribution in [2.24, 2.45) is 0 Å². The lowest BCUT2D eigenvalue weighted by Gasteiger charge is -2.32. The number of aromatic amines is 1. The van der Waals surface area contributed by atoms with Gasteiger partial charge < -0.3 is 4.90 Å². The molecule has 6 nitrogen and oxygen atoms in total. The maximum absolute atomic E-state index is 13.0. The molecule has 1 aliphatic rings. The Bertz CT molecular complexity index is 659. The van der Waals surface area contributed by atoms with Gasteiger partial charge in [0.2, 0.25) is 0 Å². The molecule has 1 aliphatic heterocycles. The highest BCUT2D eigenvalue weighted by molar-refractivity contribution is 5.92. The minimum Gasteiger partial charge on any atom is -0.337 e. The van der Waals surface area contributed by atoms with Crippen molar-refractivity contribution in [1.29, 1.82) is 0 Å². The maximum Gasteiger partial charge on any atom is 0.272 e. The van der Waals surface area contributed by atoms with Crippen molar-refractivity contribution < 1.29 is 4.79 Å². The van der Waals surface area contributed by atoms with Crippen LogP contribution in [0.1, 0.15) is 67.3 Å². The quantitative estimate of drug-likeness (QED) is 0.943. The smallest absolute Gasteiger partial charge is 0.272 e. The summed E-state index contributed by atoms with van der Waals surface area (Å²) >= 11 is 0. The third kappa shape index (κ3) is 3.16. The van der Waals surface area contributed by atoms with Crippen molar-refractivity contribution in [2.45, 2.75) is 52.0 Å². The van der Waals surface area contributed by atoms with Gasteiger partial charge in [-0.3, -0.25) is 14.6 Å². The van der Waals surface area contributed by atoms with E-state index in [-0.39, 0.29) is 5.91 Å². The van der Waals surface area contributed by atoms with Gasteiger partial charge in [-0.25, -0.2) is 0 Å². The number of amides is 1. The first-order valence-electron chi connectivity index (χ1n) is 8.46. The first-order valence-corrected chi connectivity index (χ1v) is 8.46. The standard InChI is InChI=1S/C17H25N5O/c1-4-22-16(10-15(20-22)12(2)3)17(23)21-9-5-6-13(11-21)14-7-8-18-19-14/h7-8,10,12-13H,4-6,9,11H2,1-3H3,(H,18,19). The average Bonchev–Trinajstić information content (AvgIpc) is 3.23. The summed E-state index contributed by atoms with van der Waals surface area (Å²) < 4.78 is 1.83. The van der Waals surface area contributed by atoms with Gasteiger partial charge in [-0.05, 0) is 37.8 Å². The van der Waals surface area contributed by atoms with Crippen LogP contribution in [0.2, 0.25) is 0 Å². The number of hydrogen-bond donors (Lipinski definition) is 1. The number of carbonyl (C=O) groups excluding carboxylic acids is 1. The molecule has 1 atom stereocenters. The van der Waals surface area contributed by atoms with E-state index in [0.717, 1.165) is 37.3 Å². The summed E-state index contributed by atoms with van der Waals surface area (Å²) in [7, 11) is 0. The number of aryl methyl sites for hydroxylation is 1. The van der Waals surface area contributed by atoms with Crippen LogP contribution >= 0.6 is 0 Å². The van der Waals surface area contributed by atoms with Crippen molar-refractivity contribution in [2.75, 3.05) is 13.1 Å². The molecule has 2 aromatic rings. The molecule has 0 saturated carbocycles. The van der Waals surface area contributed by atoms with Crippen LogP contribution in [0.5, 0.6) is 0 Å². The number of rotatable bonds is 4. The van der Waals surface area contributed by atoms with Crippen LogP contribution < -0.4 is 0 Å². The second-order valence-electron chi connectivity index (χ2n) is 6.53. The Morgan fingerprint density at radius 3 is 2.96 bits per heavy atom. The Kier molecular flexibility index (Phi) is 4.50.